The maximum Gasteiger partial charge on any atom is 0.124 e. The number of hydrogen-bond acceptors (Lipinski definition) is 2. The van der Waals surface area contributed by atoms with Gasteiger partial charge in [0.15, 0.2) is 0 Å². The molecule has 0 radical (unpaired) electrons. The van der Waals surface area contributed by atoms with Crippen LogP contribution in [0.5, 0.6) is 0 Å². The molecule has 0 spiro atoms. The van der Waals surface area contributed by atoms with Crippen molar-refractivity contribution in [3.63, 3.8) is 0 Å². The smallest absolute Gasteiger partial charge is 0.124 e. The van der Waals surface area contributed by atoms with E-state index in [1.807, 2.05) is 26.2 Å². The van der Waals surface area contributed by atoms with Gasteiger partial charge in [0, 0.05) is 19.7 Å². The van der Waals surface area contributed by atoms with Crippen molar-refractivity contribution in [1.29, 1.82) is 5.26 Å². The highest BCUT2D eigenvalue weighted by atomic mass is 19.1. The highest BCUT2D eigenvalue weighted by molar-refractivity contribution is 5.41. The van der Waals surface area contributed by atoms with Crippen molar-refractivity contribution in [3.05, 3.63) is 52.6 Å². The van der Waals surface area contributed by atoms with Crippen molar-refractivity contribution in [2.75, 3.05) is 0 Å². The molecule has 0 unspecified atom stereocenters. The van der Waals surface area contributed by atoms with Crippen LogP contribution in [0.15, 0.2) is 24.4 Å². The van der Waals surface area contributed by atoms with E-state index >= 15 is 0 Å². The number of nitrogens with zero attached hydrogens (tertiary/aromatic N) is 3. The van der Waals surface area contributed by atoms with Gasteiger partial charge >= 0.3 is 0 Å². The zero-order chi connectivity index (χ0) is 12.4. The predicted octanol–water partition coefficient (Wildman–Crippen LogP) is 2.33. The molecule has 17 heavy (non-hydrogen) atoms. The molecular formula is C13H12FN3. The van der Waals surface area contributed by atoms with Gasteiger partial charge in [-0.1, -0.05) is 6.07 Å². The molecule has 0 aliphatic rings. The number of benzene rings is 1. The number of rotatable bonds is 2. The summed E-state index contributed by atoms with van der Waals surface area (Å²) in [6, 6.07) is 6.31. The molecule has 0 amide bonds. The molecule has 4 heteroatoms. The molecule has 1 aromatic carbocycles. The van der Waals surface area contributed by atoms with Crippen molar-refractivity contribution in [2.24, 2.45) is 7.05 Å². The second-order valence-electron chi connectivity index (χ2n) is 4.00. The molecule has 0 N–H and O–H groups in total. The van der Waals surface area contributed by atoms with Gasteiger partial charge in [0.05, 0.1) is 17.3 Å². The first-order chi connectivity index (χ1) is 8.10. The molecule has 86 valence electrons. The van der Waals surface area contributed by atoms with Crippen LogP contribution in [-0.4, -0.2) is 9.78 Å². The molecule has 0 fully saturated rings. The summed E-state index contributed by atoms with van der Waals surface area (Å²) < 4.78 is 14.7. The van der Waals surface area contributed by atoms with Crippen LogP contribution in [0.4, 0.5) is 4.39 Å². The number of aryl methyl sites for hydroxylation is 2. The largest absolute Gasteiger partial charge is 0.275 e. The van der Waals surface area contributed by atoms with Crippen LogP contribution < -0.4 is 0 Å². The van der Waals surface area contributed by atoms with Crippen LogP contribution in [0, 0.1) is 24.1 Å². The lowest BCUT2D eigenvalue weighted by atomic mass is 10.0. The minimum atomic E-state index is -0.381. The number of halogens is 1. The van der Waals surface area contributed by atoms with E-state index in [9.17, 15) is 4.39 Å². The van der Waals surface area contributed by atoms with Crippen LogP contribution in [0.2, 0.25) is 0 Å². The second kappa shape index (κ2) is 4.38. The third-order valence-electron chi connectivity index (χ3n) is 2.69. The van der Waals surface area contributed by atoms with Gasteiger partial charge in [-0.25, -0.2) is 4.39 Å². The highest BCUT2D eigenvalue weighted by Gasteiger charge is 2.08. The third-order valence-corrected chi connectivity index (χ3v) is 2.69. The SMILES string of the molecule is Cc1nn(C)cc1Cc1ccc(F)cc1C#N. The molecule has 0 atom stereocenters. The molecule has 0 saturated heterocycles. The Hall–Kier alpha value is -2.15. The monoisotopic (exact) mass is 229 g/mol. The summed E-state index contributed by atoms with van der Waals surface area (Å²) in [5, 5.41) is 13.2. The Labute approximate surface area is 99.1 Å². The van der Waals surface area contributed by atoms with Gasteiger partial charge < -0.3 is 0 Å². The topological polar surface area (TPSA) is 41.6 Å². The van der Waals surface area contributed by atoms with Crippen molar-refractivity contribution < 1.29 is 4.39 Å². The molecule has 3 nitrogen and oxygen atoms in total. The maximum atomic E-state index is 13.0. The molecule has 0 aliphatic carbocycles. The second-order valence-corrected chi connectivity index (χ2v) is 4.00. The van der Waals surface area contributed by atoms with Gasteiger partial charge in [0.2, 0.25) is 0 Å². The Morgan fingerprint density at radius 1 is 1.41 bits per heavy atom. The minimum absolute atomic E-state index is 0.381. The summed E-state index contributed by atoms with van der Waals surface area (Å²) in [6.07, 6.45) is 2.52. The molecule has 1 heterocycles. The Kier molecular flexibility index (Phi) is 2.92. The van der Waals surface area contributed by atoms with E-state index in [-0.39, 0.29) is 5.82 Å². The van der Waals surface area contributed by atoms with Gasteiger partial charge in [0.1, 0.15) is 5.82 Å². The summed E-state index contributed by atoms with van der Waals surface area (Å²) in [5.74, 6) is -0.381. The van der Waals surface area contributed by atoms with Crippen LogP contribution in [0.1, 0.15) is 22.4 Å². The number of hydrogen-bond donors (Lipinski definition) is 0. The number of nitriles is 1. The standard InChI is InChI=1S/C13H12FN3/c1-9-12(8-17(2)16-9)5-10-3-4-13(14)6-11(10)7-15/h3-4,6,8H,5H2,1-2H3. The molecule has 2 aromatic rings. The van der Waals surface area contributed by atoms with Crippen LogP contribution in [-0.2, 0) is 13.5 Å². The Balaban J connectivity index is 2.37. The lowest BCUT2D eigenvalue weighted by Crippen LogP contribution is -1.94. The molecule has 0 saturated carbocycles. The third kappa shape index (κ3) is 2.34. The fraction of sp³-hybridized carbons (Fsp3) is 0.231. The van der Waals surface area contributed by atoms with E-state index in [4.69, 9.17) is 5.26 Å². The van der Waals surface area contributed by atoms with E-state index in [0.717, 1.165) is 16.8 Å². The summed E-state index contributed by atoms with van der Waals surface area (Å²) in [6.45, 7) is 1.92. The zero-order valence-corrected chi connectivity index (χ0v) is 9.74. The first-order valence-electron chi connectivity index (χ1n) is 5.28. The lowest BCUT2D eigenvalue weighted by Gasteiger charge is -2.02. The Morgan fingerprint density at radius 2 is 2.18 bits per heavy atom. The quantitative estimate of drug-likeness (QED) is 0.793. The fourth-order valence-electron chi connectivity index (χ4n) is 1.83. The number of aromatic nitrogens is 2. The van der Waals surface area contributed by atoms with Crippen molar-refractivity contribution >= 4 is 0 Å². The van der Waals surface area contributed by atoms with Crippen molar-refractivity contribution in [2.45, 2.75) is 13.3 Å². The van der Waals surface area contributed by atoms with E-state index in [2.05, 4.69) is 5.10 Å². The molecule has 0 aliphatic heterocycles. The predicted molar refractivity (Wildman–Crippen MR) is 61.9 cm³/mol. The average molecular weight is 229 g/mol. The highest BCUT2D eigenvalue weighted by Crippen LogP contribution is 2.17. The fourth-order valence-corrected chi connectivity index (χ4v) is 1.83. The minimum Gasteiger partial charge on any atom is -0.275 e. The van der Waals surface area contributed by atoms with E-state index in [1.165, 1.54) is 12.1 Å². The van der Waals surface area contributed by atoms with Gasteiger partial charge in [-0.3, -0.25) is 4.68 Å². The summed E-state index contributed by atoms with van der Waals surface area (Å²) in [7, 11) is 1.85. The van der Waals surface area contributed by atoms with Gasteiger partial charge in [-0.05, 0) is 30.2 Å². The first-order valence-corrected chi connectivity index (χ1v) is 5.28. The van der Waals surface area contributed by atoms with E-state index < -0.39 is 0 Å². The van der Waals surface area contributed by atoms with Crippen molar-refractivity contribution in [1.82, 2.24) is 9.78 Å². The van der Waals surface area contributed by atoms with Crippen LogP contribution >= 0.6 is 0 Å². The van der Waals surface area contributed by atoms with Crippen LogP contribution in [0.25, 0.3) is 0 Å². The average Bonchev–Trinajstić information content (AvgIpc) is 2.60. The first kappa shape index (κ1) is 11.3. The summed E-state index contributed by atoms with van der Waals surface area (Å²) >= 11 is 0. The maximum absolute atomic E-state index is 13.0. The molecule has 2 rings (SSSR count). The van der Waals surface area contributed by atoms with Gasteiger partial charge in [0.25, 0.3) is 0 Å². The lowest BCUT2D eigenvalue weighted by molar-refractivity contribution is 0.626. The van der Waals surface area contributed by atoms with E-state index in [0.29, 0.717) is 12.0 Å². The molecule has 1 aromatic heterocycles. The van der Waals surface area contributed by atoms with Crippen LogP contribution in [0.3, 0.4) is 0 Å². The Bertz CT molecular complexity index is 593. The Morgan fingerprint density at radius 3 is 2.76 bits per heavy atom. The van der Waals surface area contributed by atoms with Gasteiger partial charge in [-0.15, -0.1) is 0 Å². The zero-order valence-electron chi connectivity index (χ0n) is 9.74. The molecular weight excluding hydrogens is 217 g/mol. The molecule has 0 bridgehead atoms. The van der Waals surface area contributed by atoms with Gasteiger partial charge in [-0.2, -0.15) is 10.4 Å². The van der Waals surface area contributed by atoms with E-state index in [1.54, 1.807) is 10.7 Å². The summed E-state index contributed by atoms with van der Waals surface area (Å²) in [5.41, 5.74) is 3.19. The summed E-state index contributed by atoms with van der Waals surface area (Å²) in [4.78, 5) is 0. The normalized spacial score (nSPS) is 10.2. The van der Waals surface area contributed by atoms with Crippen molar-refractivity contribution in [3.8, 4) is 6.07 Å².